The van der Waals surface area contributed by atoms with Crippen molar-refractivity contribution in [3.8, 4) is 0 Å². The Labute approximate surface area is 231 Å². The maximum absolute atomic E-state index is 14.0. The van der Waals surface area contributed by atoms with E-state index in [0.717, 1.165) is 23.6 Å². The molecule has 0 aromatic rings. The molecule has 0 bridgehead atoms. The van der Waals surface area contributed by atoms with E-state index in [1.165, 1.54) is 41.2 Å². The van der Waals surface area contributed by atoms with E-state index in [4.69, 9.17) is 0 Å². The molecule has 39 heavy (non-hydrogen) atoms. The van der Waals surface area contributed by atoms with Crippen LogP contribution < -0.4 is 5.32 Å². The van der Waals surface area contributed by atoms with Crippen LogP contribution in [-0.4, -0.2) is 117 Å². The molecule has 0 fully saturated rings. The Morgan fingerprint density at radius 3 is 1.64 bits per heavy atom. The van der Waals surface area contributed by atoms with Crippen LogP contribution in [0.15, 0.2) is 0 Å². The monoisotopic (exact) mass is 556 g/mol. The molecule has 0 saturated carbocycles. The van der Waals surface area contributed by atoms with Gasteiger partial charge in [0, 0.05) is 7.05 Å². The Bertz CT molecular complexity index is 925. The normalized spacial score (nSPS) is 18.0. The molecule has 0 aliphatic carbocycles. The predicted molar refractivity (Wildman–Crippen MR) is 143 cm³/mol. The zero-order valence-electron chi connectivity index (χ0n) is 24.9. The fourth-order valence-corrected chi connectivity index (χ4v) is 4.47. The largest absolute Gasteiger partial charge is 0.386 e. The number of ketones is 3. The first-order chi connectivity index (χ1) is 17.6. The molecule has 12 heteroatoms. The second-order valence-corrected chi connectivity index (χ2v) is 11.4. The molecule has 0 rings (SSSR count). The van der Waals surface area contributed by atoms with Gasteiger partial charge in [-0.15, -0.1) is 0 Å². The first kappa shape index (κ1) is 36.5. The number of rotatable bonds is 16. The van der Waals surface area contributed by atoms with Crippen LogP contribution in [0.2, 0.25) is 0 Å². The molecule has 1 radical (unpaired) electrons. The van der Waals surface area contributed by atoms with Crippen molar-refractivity contribution in [2.75, 3.05) is 20.6 Å². The van der Waals surface area contributed by atoms with Crippen LogP contribution in [0.25, 0.3) is 0 Å². The van der Waals surface area contributed by atoms with Crippen LogP contribution in [0.1, 0.15) is 62.3 Å². The van der Waals surface area contributed by atoms with E-state index in [-0.39, 0.29) is 5.92 Å². The smallest absolute Gasteiger partial charge is 0.262 e. The third-order valence-corrected chi connectivity index (χ3v) is 6.77. The Morgan fingerprint density at radius 2 is 1.31 bits per heavy atom. The summed E-state index contributed by atoms with van der Waals surface area (Å²) in [5.41, 5.74) is -5.13. The summed E-state index contributed by atoms with van der Waals surface area (Å²) in [5.74, 6) is -6.37. The van der Waals surface area contributed by atoms with Crippen LogP contribution in [-0.2, 0) is 28.8 Å². The van der Waals surface area contributed by atoms with Crippen molar-refractivity contribution in [3.63, 3.8) is 0 Å². The molecule has 4 N–H and O–H groups in total. The molecule has 0 spiro atoms. The molecule has 0 saturated heterocycles. The molecule has 12 nitrogen and oxygen atoms in total. The van der Waals surface area contributed by atoms with Gasteiger partial charge in [0.15, 0.2) is 23.0 Å². The van der Waals surface area contributed by atoms with E-state index in [9.17, 15) is 44.1 Å². The molecule has 2 amide bonds. The number of nitrogens with one attached hydrogen (secondary N) is 1. The summed E-state index contributed by atoms with van der Waals surface area (Å²) in [5, 5.41) is 34.0. The van der Waals surface area contributed by atoms with E-state index in [0.29, 0.717) is 0 Å². The fourth-order valence-electron chi connectivity index (χ4n) is 4.47. The molecule has 0 aliphatic heterocycles. The van der Waals surface area contributed by atoms with Gasteiger partial charge in [0.05, 0.1) is 18.6 Å². The summed E-state index contributed by atoms with van der Waals surface area (Å²) in [6.07, 6.45) is -0.269. The number of aliphatic hydroxyl groups is 3. The molecule has 0 aromatic carbocycles. The maximum atomic E-state index is 14.0. The quantitative estimate of drug-likeness (QED) is 0.177. The Morgan fingerprint density at radius 1 is 0.846 bits per heavy atom. The summed E-state index contributed by atoms with van der Waals surface area (Å²) >= 11 is 0. The lowest BCUT2D eigenvalue weighted by atomic mass is 9.86. The standard InChI is InChI=1S/C27H46N3O9/c1-14(2)19(28-10)22(34)27(9,39)25(37)29(11)21(16(5)6)24(36)30(12-18(33)17(7)32)20(15(3)4)23(35)26(8,38)13-31/h14-17,19-21,28,32,38-39H,12H2,1-11H3/t17?,19-,20-,21-,26?,27?/m0/s1. The van der Waals surface area contributed by atoms with Crippen molar-refractivity contribution in [3.05, 3.63) is 0 Å². The number of hydrogen-bond donors (Lipinski definition) is 4. The van der Waals surface area contributed by atoms with E-state index in [1.54, 1.807) is 27.7 Å². The molecular weight excluding hydrogens is 510 g/mol. The summed E-state index contributed by atoms with van der Waals surface area (Å²) in [6.45, 7) is 12.1. The molecule has 3 unspecified atom stereocenters. The van der Waals surface area contributed by atoms with Gasteiger partial charge in [-0.1, -0.05) is 41.5 Å². The molecule has 0 heterocycles. The summed E-state index contributed by atoms with van der Waals surface area (Å²) in [7, 11) is 2.73. The van der Waals surface area contributed by atoms with Gasteiger partial charge in [0.25, 0.3) is 5.91 Å². The predicted octanol–water partition coefficient (Wildman–Crippen LogP) is -0.734. The number of carbonyl (C=O) groups is 5. The Kier molecular flexibility index (Phi) is 13.3. The highest BCUT2D eigenvalue weighted by Crippen LogP contribution is 2.25. The maximum Gasteiger partial charge on any atom is 0.262 e. The van der Waals surface area contributed by atoms with E-state index < -0.39 is 83.0 Å². The first-order valence-electron chi connectivity index (χ1n) is 13.0. The minimum Gasteiger partial charge on any atom is -0.386 e. The third-order valence-electron chi connectivity index (χ3n) is 6.77. The highest BCUT2D eigenvalue weighted by atomic mass is 16.3. The summed E-state index contributed by atoms with van der Waals surface area (Å²) in [4.78, 5) is 79.4. The van der Waals surface area contributed by atoms with Crippen LogP contribution in [0.4, 0.5) is 0 Å². The van der Waals surface area contributed by atoms with Crippen molar-refractivity contribution in [1.29, 1.82) is 0 Å². The van der Waals surface area contributed by atoms with Gasteiger partial charge in [0.1, 0.15) is 12.1 Å². The lowest BCUT2D eigenvalue weighted by Crippen LogP contribution is -2.64. The minimum absolute atomic E-state index is 0.267. The zero-order valence-corrected chi connectivity index (χ0v) is 24.9. The van der Waals surface area contributed by atoms with Gasteiger partial charge in [-0.25, -0.2) is 0 Å². The lowest BCUT2D eigenvalue weighted by molar-refractivity contribution is -0.165. The number of amides is 2. The average molecular weight is 557 g/mol. The van der Waals surface area contributed by atoms with Crippen molar-refractivity contribution in [2.24, 2.45) is 17.8 Å². The highest BCUT2D eigenvalue weighted by molar-refractivity contribution is 6.12. The highest BCUT2D eigenvalue weighted by Gasteiger charge is 2.50. The number of hydrogen-bond acceptors (Lipinski definition) is 10. The van der Waals surface area contributed by atoms with Gasteiger partial charge in [0.2, 0.25) is 17.8 Å². The van der Waals surface area contributed by atoms with Crippen LogP contribution in [0.5, 0.6) is 0 Å². The van der Waals surface area contributed by atoms with Crippen LogP contribution in [0.3, 0.4) is 0 Å². The van der Waals surface area contributed by atoms with Crippen LogP contribution >= 0.6 is 0 Å². The van der Waals surface area contributed by atoms with Crippen molar-refractivity contribution >= 4 is 35.5 Å². The summed E-state index contributed by atoms with van der Waals surface area (Å²) < 4.78 is 0. The molecular formula is C27H46N3O9. The second kappa shape index (κ2) is 14.2. The fraction of sp³-hybridized carbons (Fsp3) is 0.778. The van der Waals surface area contributed by atoms with Crippen LogP contribution in [0, 0.1) is 17.8 Å². The molecule has 0 aromatic heterocycles. The van der Waals surface area contributed by atoms with Gasteiger partial charge in [-0.05, 0) is 45.6 Å². The second-order valence-electron chi connectivity index (χ2n) is 11.4. The average Bonchev–Trinajstić information content (AvgIpc) is 2.82. The number of nitrogens with zero attached hydrogens (tertiary/aromatic N) is 2. The van der Waals surface area contributed by atoms with E-state index in [1.807, 2.05) is 0 Å². The Balaban J connectivity index is 6.83. The van der Waals surface area contributed by atoms with Gasteiger partial charge < -0.3 is 30.4 Å². The van der Waals surface area contributed by atoms with E-state index >= 15 is 0 Å². The van der Waals surface area contributed by atoms with Gasteiger partial charge in [-0.2, -0.15) is 0 Å². The number of aliphatic hydroxyl groups excluding tert-OH is 1. The minimum atomic E-state index is -2.61. The number of Topliss-reactive ketones (excluding diaryl/α,β-unsaturated/α-hetero) is 3. The molecule has 0 aliphatic rings. The van der Waals surface area contributed by atoms with Gasteiger partial charge >= 0.3 is 0 Å². The van der Waals surface area contributed by atoms with Crippen molar-refractivity contribution in [2.45, 2.75) is 97.7 Å². The van der Waals surface area contributed by atoms with Crippen molar-refractivity contribution in [1.82, 2.24) is 15.1 Å². The molecule has 223 valence electrons. The first-order valence-corrected chi connectivity index (χ1v) is 13.0. The SMILES string of the molecule is CN[C@H](C(=O)C(C)(O)C(=O)N(C)[C@H](C(=O)N(CC(=O)C(C)O)[C@H](C(=O)C(C)(O)[C]=O)C(C)C)C(C)C)C(C)C. The topological polar surface area (TPSA) is 182 Å². The Hall–Kier alpha value is -2.54. The van der Waals surface area contributed by atoms with Crippen molar-refractivity contribution < 1.29 is 44.1 Å². The lowest BCUT2D eigenvalue weighted by Gasteiger charge is -2.41. The number of likely N-dealkylation sites (N-methyl/N-ethyl adjacent to an activating group) is 2. The molecule has 6 atom stereocenters. The van der Waals surface area contributed by atoms with Gasteiger partial charge in [-0.3, -0.25) is 28.8 Å². The summed E-state index contributed by atoms with van der Waals surface area (Å²) in [6, 6.07) is -3.77. The zero-order chi connectivity index (χ0) is 31.2. The third kappa shape index (κ3) is 8.47. The number of carbonyl (C=O) groups excluding carboxylic acids is 6. The van der Waals surface area contributed by atoms with E-state index in [2.05, 4.69) is 5.32 Å².